The predicted molar refractivity (Wildman–Crippen MR) is 91.8 cm³/mol. The molecule has 0 spiro atoms. The van der Waals surface area contributed by atoms with Crippen LogP contribution in [0.3, 0.4) is 0 Å². The first-order valence-corrected chi connectivity index (χ1v) is 7.81. The monoisotopic (exact) mass is 340 g/mol. The van der Waals surface area contributed by atoms with Crippen LogP contribution in [0.4, 0.5) is 10.2 Å². The third kappa shape index (κ3) is 4.68. The lowest BCUT2D eigenvalue weighted by Gasteiger charge is -2.14. The molecule has 2 rings (SSSR count). The molecule has 0 aliphatic rings. The molecule has 4 nitrogen and oxygen atoms in total. The number of nitrogens with zero attached hydrogens (tertiary/aromatic N) is 2. The maximum absolute atomic E-state index is 13.2. The third-order valence-corrected chi connectivity index (χ3v) is 3.67. The van der Waals surface area contributed by atoms with Crippen LogP contribution in [0.5, 0.6) is 0 Å². The molecule has 0 aliphatic heterocycles. The second-order valence-electron chi connectivity index (χ2n) is 5.06. The summed E-state index contributed by atoms with van der Waals surface area (Å²) in [5.74, 6) is 0.215. The fourth-order valence-electron chi connectivity index (χ4n) is 1.85. The first-order valence-electron chi connectivity index (χ1n) is 7.03. The number of thiocarbonyl (C=S) groups is 1. The quantitative estimate of drug-likeness (QED) is 0.812. The van der Waals surface area contributed by atoms with Gasteiger partial charge in [-0.1, -0.05) is 30.7 Å². The van der Waals surface area contributed by atoms with Crippen LogP contribution >= 0.6 is 23.8 Å². The predicted octanol–water partition coefficient (Wildman–Crippen LogP) is 3.81. The van der Waals surface area contributed by atoms with Crippen molar-refractivity contribution in [1.29, 1.82) is 0 Å². The number of benzene rings is 1. The molecular formula is C15H18ClFN4S. The Balaban J connectivity index is 2.03. The smallest absolute Gasteiger partial charge is 0.173 e. The van der Waals surface area contributed by atoms with Crippen LogP contribution in [0.25, 0.3) is 0 Å². The lowest BCUT2D eigenvalue weighted by Crippen LogP contribution is -2.35. The van der Waals surface area contributed by atoms with Crippen LogP contribution in [0.15, 0.2) is 30.5 Å². The van der Waals surface area contributed by atoms with Crippen LogP contribution in [0, 0.1) is 5.82 Å². The van der Waals surface area contributed by atoms with Crippen molar-refractivity contribution in [3.8, 4) is 0 Å². The highest BCUT2D eigenvalue weighted by Crippen LogP contribution is 2.20. The Morgan fingerprint density at radius 2 is 2.27 bits per heavy atom. The topological polar surface area (TPSA) is 41.9 Å². The molecule has 2 N–H and O–H groups in total. The van der Waals surface area contributed by atoms with E-state index in [-0.39, 0.29) is 11.9 Å². The van der Waals surface area contributed by atoms with Crippen LogP contribution in [-0.4, -0.2) is 20.9 Å². The molecule has 0 bridgehead atoms. The van der Waals surface area contributed by atoms with E-state index in [1.807, 2.05) is 13.0 Å². The van der Waals surface area contributed by atoms with Gasteiger partial charge in [-0.25, -0.2) is 4.39 Å². The van der Waals surface area contributed by atoms with E-state index in [1.165, 1.54) is 12.1 Å². The summed E-state index contributed by atoms with van der Waals surface area (Å²) < 4.78 is 14.8. The molecule has 1 aromatic carbocycles. The van der Waals surface area contributed by atoms with Gasteiger partial charge in [0.15, 0.2) is 10.9 Å². The van der Waals surface area contributed by atoms with Gasteiger partial charge in [-0.15, -0.1) is 0 Å². The molecule has 1 atom stereocenters. The Hall–Kier alpha value is -1.66. The first kappa shape index (κ1) is 16.7. The molecule has 0 saturated carbocycles. The van der Waals surface area contributed by atoms with Crippen LogP contribution in [-0.2, 0) is 6.54 Å². The highest BCUT2D eigenvalue weighted by molar-refractivity contribution is 7.80. The molecule has 1 unspecified atom stereocenters. The van der Waals surface area contributed by atoms with E-state index in [0.29, 0.717) is 22.5 Å². The van der Waals surface area contributed by atoms with E-state index < -0.39 is 0 Å². The summed E-state index contributed by atoms with van der Waals surface area (Å²) in [6.45, 7) is 4.55. The number of hydrogen-bond acceptors (Lipinski definition) is 2. The van der Waals surface area contributed by atoms with Gasteiger partial charge >= 0.3 is 0 Å². The van der Waals surface area contributed by atoms with Gasteiger partial charge in [0.1, 0.15) is 10.8 Å². The van der Waals surface area contributed by atoms with E-state index >= 15 is 0 Å². The van der Waals surface area contributed by atoms with E-state index in [9.17, 15) is 4.39 Å². The maximum Gasteiger partial charge on any atom is 0.173 e. The van der Waals surface area contributed by atoms with Crippen molar-refractivity contribution in [3.05, 3.63) is 46.9 Å². The summed E-state index contributed by atoms with van der Waals surface area (Å²) in [6, 6.07) is 6.65. The van der Waals surface area contributed by atoms with E-state index in [2.05, 4.69) is 22.7 Å². The summed E-state index contributed by atoms with van der Waals surface area (Å²) in [5, 5.41) is 11.4. The van der Waals surface area contributed by atoms with Gasteiger partial charge < -0.3 is 10.6 Å². The second kappa shape index (κ2) is 7.56. The number of hydrogen-bond donors (Lipinski definition) is 2. The standard InChI is InChI=1S/C15H18ClFN4S/c1-3-10(2)18-15(22)19-14-13(16)9-21(20-14)8-11-5-4-6-12(17)7-11/h4-7,9-10H,3,8H2,1-2H3,(H2,18,19,20,22). The zero-order valence-electron chi connectivity index (χ0n) is 12.4. The Labute approximate surface area is 139 Å². The molecule has 0 saturated heterocycles. The molecule has 1 aromatic heterocycles. The van der Waals surface area contributed by atoms with Crippen molar-refractivity contribution in [1.82, 2.24) is 15.1 Å². The fourth-order valence-corrected chi connectivity index (χ4v) is 2.35. The van der Waals surface area contributed by atoms with Crippen molar-refractivity contribution in [2.24, 2.45) is 0 Å². The van der Waals surface area contributed by atoms with Crippen molar-refractivity contribution in [3.63, 3.8) is 0 Å². The fraction of sp³-hybridized carbons (Fsp3) is 0.333. The zero-order chi connectivity index (χ0) is 16.1. The van der Waals surface area contributed by atoms with Gasteiger partial charge in [-0.3, -0.25) is 4.68 Å². The number of rotatable bonds is 5. The second-order valence-corrected chi connectivity index (χ2v) is 5.88. The van der Waals surface area contributed by atoms with Crippen LogP contribution in [0.1, 0.15) is 25.8 Å². The highest BCUT2D eigenvalue weighted by atomic mass is 35.5. The molecule has 7 heteroatoms. The summed E-state index contributed by atoms with van der Waals surface area (Å²) in [4.78, 5) is 0. The Kier molecular flexibility index (Phi) is 5.74. The Morgan fingerprint density at radius 1 is 1.50 bits per heavy atom. The largest absolute Gasteiger partial charge is 0.360 e. The van der Waals surface area contributed by atoms with Crippen molar-refractivity contribution >= 4 is 34.7 Å². The minimum Gasteiger partial charge on any atom is -0.360 e. The minimum atomic E-state index is -0.270. The minimum absolute atomic E-state index is 0.270. The molecule has 2 aromatic rings. The number of halogens is 2. The summed E-state index contributed by atoms with van der Waals surface area (Å²) in [7, 11) is 0. The Bertz CT molecular complexity index is 659. The van der Waals surface area contributed by atoms with Crippen LogP contribution in [0.2, 0.25) is 5.02 Å². The molecule has 118 valence electrons. The summed E-state index contributed by atoms with van der Waals surface area (Å²) >= 11 is 11.4. The lowest BCUT2D eigenvalue weighted by molar-refractivity contribution is 0.619. The van der Waals surface area contributed by atoms with E-state index in [1.54, 1.807) is 16.9 Å². The van der Waals surface area contributed by atoms with Gasteiger partial charge in [0.2, 0.25) is 0 Å². The average Bonchev–Trinajstić information content (AvgIpc) is 2.78. The average molecular weight is 341 g/mol. The molecule has 0 aliphatic carbocycles. The molecule has 0 amide bonds. The molecule has 0 radical (unpaired) electrons. The summed E-state index contributed by atoms with van der Waals surface area (Å²) in [6.07, 6.45) is 2.64. The number of nitrogens with one attached hydrogen (secondary N) is 2. The molecule has 22 heavy (non-hydrogen) atoms. The first-order chi connectivity index (χ1) is 10.5. The number of aromatic nitrogens is 2. The van der Waals surface area contributed by atoms with Crippen molar-refractivity contribution in [2.75, 3.05) is 5.32 Å². The highest BCUT2D eigenvalue weighted by Gasteiger charge is 2.10. The van der Waals surface area contributed by atoms with Gasteiger partial charge in [0.25, 0.3) is 0 Å². The van der Waals surface area contributed by atoms with Crippen molar-refractivity contribution in [2.45, 2.75) is 32.9 Å². The molecular weight excluding hydrogens is 323 g/mol. The SMILES string of the molecule is CCC(C)NC(=S)Nc1nn(Cc2cccc(F)c2)cc1Cl. The Morgan fingerprint density at radius 3 is 2.95 bits per heavy atom. The van der Waals surface area contributed by atoms with Gasteiger partial charge in [-0.2, -0.15) is 5.10 Å². The number of anilines is 1. The van der Waals surface area contributed by atoms with E-state index in [4.69, 9.17) is 23.8 Å². The zero-order valence-corrected chi connectivity index (χ0v) is 14.0. The maximum atomic E-state index is 13.2. The lowest BCUT2D eigenvalue weighted by atomic mass is 10.2. The normalized spacial score (nSPS) is 12.0. The van der Waals surface area contributed by atoms with E-state index in [0.717, 1.165) is 12.0 Å². The van der Waals surface area contributed by atoms with Gasteiger partial charge in [-0.05, 0) is 43.3 Å². The van der Waals surface area contributed by atoms with Gasteiger partial charge in [0.05, 0.1) is 6.54 Å². The van der Waals surface area contributed by atoms with Crippen LogP contribution < -0.4 is 10.6 Å². The van der Waals surface area contributed by atoms with Gasteiger partial charge in [0, 0.05) is 12.2 Å². The molecule has 0 fully saturated rings. The third-order valence-electron chi connectivity index (χ3n) is 3.17. The molecule has 1 heterocycles. The van der Waals surface area contributed by atoms with Crippen molar-refractivity contribution < 1.29 is 4.39 Å². The summed E-state index contributed by atoms with van der Waals surface area (Å²) in [5.41, 5.74) is 0.811.